The van der Waals surface area contributed by atoms with Gasteiger partial charge in [0.2, 0.25) is 11.8 Å². The summed E-state index contributed by atoms with van der Waals surface area (Å²) in [5.74, 6) is -2.14. The van der Waals surface area contributed by atoms with Crippen LogP contribution in [0.25, 0.3) is 11.3 Å². The Labute approximate surface area is 212 Å². The summed E-state index contributed by atoms with van der Waals surface area (Å²) in [6.45, 7) is 5.95. The zero-order valence-corrected chi connectivity index (χ0v) is 20.7. The highest BCUT2D eigenvalue weighted by Gasteiger charge is 2.44. The quantitative estimate of drug-likeness (QED) is 0.520. The van der Waals surface area contributed by atoms with Crippen molar-refractivity contribution >= 4 is 11.9 Å². The number of likely N-dealkylation sites (N-methyl/N-ethyl adjacent to an activating group) is 1. The second-order valence-electron chi connectivity index (χ2n) is 8.95. The molecule has 2 aliphatic rings. The molecule has 0 aromatic carbocycles. The van der Waals surface area contributed by atoms with Crippen LogP contribution in [0.5, 0.6) is 5.88 Å². The van der Waals surface area contributed by atoms with Gasteiger partial charge in [-0.1, -0.05) is 0 Å². The SMILES string of the molecule is CCOc1ncccc1-c1ccc(C2(C(=O)N[C@H]3CCN(C)C3)CCNCC2)nn1.O=C(O)C(F)(F)F. The number of nitrogens with one attached hydrogen (secondary N) is 2. The molecule has 2 saturated heterocycles. The van der Waals surface area contributed by atoms with Gasteiger partial charge in [-0.05, 0) is 77.1 Å². The van der Waals surface area contributed by atoms with Crippen LogP contribution in [-0.4, -0.2) is 89.1 Å². The highest BCUT2D eigenvalue weighted by atomic mass is 19.4. The lowest BCUT2D eigenvalue weighted by Crippen LogP contribution is -2.53. The number of rotatable bonds is 6. The molecular formula is C24H31F3N6O4. The topological polar surface area (TPSA) is 130 Å². The number of amides is 1. The van der Waals surface area contributed by atoms with Crippen LogP contribution < -0.4 is 15.4 Å². The largest absolute Gasteiger partial charge is 0.490 e. The van der Waals surface area contributed by atoms with Gasteiger partial charge in [0, 0.05) is 18.8 Å². The zero-order chi connectivity index (χ0) is 27.1. The molecule has 0 unspecified atom stereocenters. The van der Waals surface area contributed by atoms with E-state index in [1.165, 1.54) is 0 Å². The Bertz CT molecular complexity index is 1060. The van der Waals surface area contributed by atoms with Crippen molar-refractivity contribution in [1.82, 2.24) is 30.7 Å². The van der Waals surface area contributed by atoms with Crippen LogP contribution in [0.3, 0.4) is 0 Å². The second-order valence-corrected chi connectivity index (χ2v) is 8.95. The van der Waals surface area contributed by atoms with Gasteiger partial charge in [0.25, 0.3) is 0 Å². The Morgan fingerprint density at radius 2 is 1.95 bits per heavy atom. The first kappa shape index (κ1) is 28.3. The number of alkyl halides is 3. The van der Waals surface area contributed by atoms with Gasteiger partial charge < -0.3 is 25.4 Å². The Hall–Kier alpha value is -3.32. The number of pyridine rings is 1. The number of carbonyl (C=O) groups is 2. The molecule has 2 aliphatic heterocycles. The molecule has 0 saturated carbocycles. The van der Waals surface area contributed by atoms with Crippen molar-refractivity contribution in [3.8, 4) is 17.1 Å². The number of aromatic nitrogens is 3. The number of carboxylic acids is 1. The lowest BCUT2D eigenvalue weighted by atomic mass is 9.74. The van der Waals surface area contributed by atoms with Crippen LogP contribution in [-0.2, 0) is 15.0 Å². The summed E-state index contributed by atoms with van der Waals surface area (Å²) < 4.78 is 37.4. The minimum absolute atomic E-state index is 0.0720. The van der Waals surface area contributed by atoms with Gasteiger partial charge in [-0.25, -0.2) is 9.78 Å². The van der Waals surface area contributed by atoms with Gasteiger partial charge in [0.1, 0.15) is 0 Å². The average Bonchev–Trinajstić information content (AvgIpc) is 3.29. The molecule has 0 spiro atoms. The molecule has 3 N–H and O–H groups in total. The molecule has 0 aliphatic carbocycles. The summed E-state index contributed by atoms with van der Waals surface area (Å²) in [5, 5.41) is 22.8. The van der Waals surface area contributed by atoms with Gasteiger partial charge in [-0.2, -0.15) is 23.4 Å². The van der Waals surface area contributed by atoms with E-state index in [-0.39, 0.29) is 11.9 Å². The number of hydrogen-bond donors (Lipinski definition) is 3. The molecular weight excluding hydrogens is 493 g/mol. The van der Waals surface area contributed by atoms with Crippen LogP contribution in [0.1, 0.15) is 31.9 Å². The van der Waals surface area contributed by atoms with Crippen molar-refractivity contribution in [3.05, 3.63) is 36.2 Å². The first-order valence-electron chi connectivity index (χ1n) is 12.0. The fourth-order valence-electron chi connectivity index (χ4n) is 4.40. The zero-order valence-electron chi connectivity index (χ0n) is 20.7. The maximum absolute atomic E-state index is 13.4. The average molecular weight is 525 g/mol. The minimum Gasteiger partial charge on any atom is -0.477 e. The van der Waals surface area contributed by atoms with E-state index < -0.39 is 17.6 Å². The van der Waals surface area contributed by atoms with Crippen LogP contribution >= 0.6 is 0 Å². The van der Waals surface area contributed by atoms with E-state index in [1.807, 2.05) is 31.2 Å². The standard InChI is InChI=1S/C22H30N6O2.C2HF3O2/c1-3-30-20-17(5-4-11-24-20)18-6-7-19(27-26-18)22(9-12-23-13-10-22)21(29)25-16-8-14-28(2)15-16;3-2(4,5)1(6)7/h4-7,11,16,23H,3,8-10,12-15H2,1-2H3,(H,25,29);(H,6,7)/t16-;/m0./s1. The first-order chi connectivity index (χ1) is 17.6. The molecule has 1 amide bonds. The molecule has 37 heavy (non-hydrogen) atoms. The molecule has 1 atom stereocenters. The molecule has 0 radical (unpaired) electrons. The third-order valence-electron chi connectivity index (χ3n) is 6.34. The fourth-order valence-corrected chi connectivity index (χ4v) is 4.40. The Morgan fingerprint density at radius 1 is 1.24 bits per heavy atom. The number of aliphatic carboxylic acids is 1. The number of likely N-dealkylation sites (tertiary alicyclic amines) is 1. The molecule has 13 heteroatoms. The van der Waals surface area contributed by atoms with Gasteiger partial charge in [-0.3, -0.25) is 4.79 Å². The monoisotopic (exact) mass is 524 g/mol. The Balaban J connectivity index is 0.000000479. The molecule has 2 aromatic rings. The number of carboxylic acid groups (broad SMARTS) is 1. The van der Waals surface area contributed by atoms with Crippen molar-refractivity contribution < 1.29 is 32.6 Å². The fraction of sp³-hybridized carbons (Fsp3) is 0.542. The number of piperidine rings is 1. The van der Waals surface area contributed by atoms with Gasteiger partial charge in [0.15, 0.2) is 0 Å². The smallest absolute Gasteiger partial charge is 0.477 e. The summed E-state index contributed by atoms with van der Waals surface area (Å²) in [7, 11) is 2.09. The molecule has 10 nitrogen and oxygen atoms in total. The number of carbonyl (C=O) groups excluding carboxylic acids is 1. The third-order valence-corrected chi connectivity index (χ3v) is 6.34. The van der Waals surface area contributed by atoms with E-state index in [4.69, 9.17) is 14.6 Å². The maximum Gasteiger partial charge on any atom is 0.490 e. The highest BCUT2D eigenvalue weighted by molar-refractivity contribution is 5.88. The summed E-state index contributed by atoms with van der Waals surface area (Å²) in [4.78, 5) is 28.9. The van der Waals surface area contributed by atoms with Crippen molar-refractivity contribution in [2.75, 3.05) is 39.8 Å². The molecule has 202 valence electrons. The van der Waals surface area contributed by atoms with Crippen molar-refractivity contribution in [1.29, 1.82) is 0 Å². The van der Waals surface area contributed by atoms with Crippen LogP contribution in [0, 0.1) is 0 Å². The van der Waals surface area contributed by atoms with Crippen LogP contribution in [0.15, 0.2) is 30.5 Å². The predicted molar refractivity (Wildman–Crippen MR) is 128 cm³/mol. The van der Waals surface area contributed by atoms with E-state index in [0.29, 0.717) is 31.0 Å². The minimum atomic E-state index is -5.08. The normalized spacial score (nSPS) is 19.4. The van der Waals surface area contributed by atoms with Gasteiger partial charge in [-0.15, -0.1) is 0 Å². The summed E-state index contributed by atoms with van der Waals surface area (Å²) in [5.41, 5.74) is 1.59. The number of ether oxygens (including phenoxy) is 1. The summed E-state index contributed by atoms with van der Waals surface area (Å²) in [6.07, 6.45) is -0.966. The van der Waals surface area contributed by atoms with Crippen molar-refractivity contribution in [2.24, 2.45) is 0 Å². The van der Waals surface area contributed by atoms with Gasteiger partial charge in [0.05, 0.1) is 29.0 Å². The van der Waals surface area contributed by atoms with E-state index in [0.717, 1.165) is 43.9 Å². The highest BCUT2D eigenvalue weighted by Crippen LogP contribution is 2.34. The Morgan fingerprint density at radius 3 is 2.49 bits per heavy atom. The Kier molecular flexibility index (Phi) is 9.38. The summed E-state index contributed by atoms with van der Waals surface area (Å²) >= 11 is 0. The van der Waals surface area contributed by atoms with E-state index in [1.54, 1.807) is 6.20 Å². The molecule has 4 heterocycles. The molecule has 0 bridgehead atoms. The number of halogens is 3. The van der Waals surface area contributed by atoms with Crippen molar-refractivity contribution in [2.45, 2.75) is 43.8 Å². The molecule has 2 fully saturated rings. The van der Waals surface area contributed by atoms with E-state index >= 15 is 0 Å². The van der Waals surface area contributed by atoms with Crippen LogP contribution in [0.2, 0.25) is 0 Å². The lowest BCUT2D eigenvalue weighted by molar-refractivity contribution is -0.192. The van der Waals surface area contributed by atoms with E-state index in [2.05, 4.69) is 37.8 Å². The third kappa shape index (κ3) is 7.13. The maximum atomic E-state index is 13.4. The summed E-state index contributed by atoms with van der Waals surface area (Å²) in [6, 6.07) is 7.84. The number of nitrogens with zero attached hydrogens (tertiary/aromatic N) is 4. The van der Waals surface area contributed by atoms with Crippen LogP contribution in [0.4, 0.5) is 13.2 Å². The predicted octanol–water partition coefficient (Wildman–Crippen LogP) is 2.01. The molecule has 4 rings (SSSR count). The molecule has 2 aromatic heterocycles. The second kappa shape index (κ2) is 12.3. The van der Waals surface area contributed by atoms with Gasteiger partial charge >= 0.3 is 12.1 Å². The van der Waals surface area contributed by atoms with Crippen molar-refractivity contribution in [3.63, 3.8) is 0 Å². The first-order valence-corrected chi connectivity index (χ1v) is 12.0. The lowest BCUT2D eigenvalue weighted by Gasteiger charge is -2.36. The van der Waals surface area contributed by atoms with E-state index in [9.17, 15) is 18.0 Å². The number of hydrogen-bond acceptors (Lipinski definition) is 8.